The summed E-state index contributed by atoms with van der Waals surface area (Å²) in [5.41, 5.74) is 3.91. The van der Waals surface area contributed by atoms with Gasteiger partial charge >= 0.3 is 0 Å². The van der Waals surface area contributed by atoms with Crippen molar-refractivity contribution in [3.63, 3.8) is 0 Å². The van der Waals surface area contributed by atoms with E-state index in [4.69, 9.17) is 0 Å². The van der Waals surface area contributed by atoms with Gasteiger partial charge in [-0.05, 0) is 6.92 Å². The summed E-state index contributed by atoms with van der Waals surface area (Å²) in [6, 6.07) is 0. The highest BCUT2D eigenvalue weighted by atomic mass is 15.5. The smallest absolute Gasteiger partial charge is 0.125 e. The number of rotatable bonds is 2. The first-order valence-electron chi connectivity index (χ1n) is 3.44. The van der Waals surface area contributed by atoms with Gasteiger partial charge in [-0.25, -0.2) is 15.4 Å². The molecule has 0 aliphatic rings. The lowest BCUT2D eigenvalue weighted by Crippen LogP contribution is -2.30. The molecule has 1 heterocycles. The van der Waals surface area contributed by atoms with Crippen molar-refractivity contribution in [1.29, 1.82) is 0 Å². The Morgan fingerprint density at radius 1 is 1.36 bits per heavy atom. The molecule has 0 bridgehead atoms. The van der Waals surface area contributed by atoms with Crippen LogP contribution in [0, 0.1) is 6.92 Å². The number of hydrogen-bond donors (Lipinski definition) is 1. The van der Waals surface area contributed by atoms with Crippen molar-refractivity contribution < 1.29 is 0 Å². The first kappa shape index (κ1) is 7.94. The van der Waals surface area contributed by atoms with Gasteiger partial charge in [0.2, 0.25) is 0 Å². The van der Waals surface area contributed by atoms with E-state index in [-0.39, 0.29) is 0 Å². The van der Waals surface area contributed by atoms with Crippen LogP contribution in [0.4, 0.5) is 5.69 Å². The molecule has 0 radical (unpaired) electrons. The Bertz CT molecular complexity index is 218. The van der Waals surface area contributed by atoms with Crippen molar-refractivity contribution >= 4 is 5.69 Å². The van der Waals surface area contributed by atoms with Crippen molar-refractivity contribution in [3.8, 4) is 0 Å². The van der Waals surface area contributed by atoms with Crippen LogP contribution in [0.5, 0.6) is 0 Å². The fraction of sp³-hybridized carbons (Fsp3) is 0.429. The zero-order valence-electron chi connectivity index (χ0n) is 7.00. The molecule has 0 aliphatic carbocycles. The first-order chi connectivity index (χ1) is 5.24. The van der Waals surface area contributed by atoms with Crippen molar-refractivity contribution in [2.45, 2.75) is 6.92 Å². The van der Waals surface area contributed by atoms with Gasteiger partial charge in [-0.1, -0.05) is 0 Å². The molecule has 4 nitrogen and oxygen atoms in total. The van der Waals surface area contributed by atoms with Gasteiger partial charge in [0.05, 0.1) is 18.1 Å². The lowest BCUT2D eigenvalue weighted by atomic mass is 10.5. The number of hydrazine groups is 1. The Morgan fingerprint density at radius 3 is 2.36 bits per heavy atom. The van der Waals surface area contributed by atoms with E-state index in [0.29, 0.717) is 0 Å². The molecule has 0 unspecified atom stereocenters. The molecule has 0 aromatic carbocycles. The summed E-state index contributed by atoms with van der Waals surface area (Å²) >= 11 is 0. The number of aryl methyl sites for hydroxylation is 1. The van der Waals surface area contributed by atoms with Crippen LogP contribution < -0.4 is 10.4 Å². The lowest BCUT2D eigenvalue weighted by molar-refractivity contribution is 0.783. The molecule has 0 spiro atoms. The highest BCUT2D eigenvalue weighted by Gasteiger charge is 1.96. The van der Waals surface area contributed by atoms with E-state index >= 15 is 0 Å². The second kappa shape index (κ2) is 3.30. The van der Waals surface area contributed by atoms with Gasteiger partial charge in [-0.2, -0.15) is 0 Å². The summed E-state index contributed by atoms with van der Waals surface area (Å²) in [4.78, 5) is 8.11. The van der Waals surface area contributed by atoms with E-state index in [2.05, 4.69) is 15.4 Å². The van der Waals surface area contributed by atoms with E-state index in [1.165, 1.54) is 0 Å². The van der Waals surface area contributed by atoms with Crippen LogP contribution >= 0.6 is 0 Å². The van der Waals surface area contributed by atoms with Gasteiger partial charge < -0.3 is 5.01 Å². The largest absolute Gasteiger partial charge is 0.309 e. The molecule has 60 valence electrons. The molecule has 1 rings (SSSR count). The van der Waals surface area contributed by atoms with Crippen LogP contribution in [-0.4, -0.2) is 24.1 Å². The van der Waals surface area contributed by atoms with Crippen LogP contribution in [0.3, 0.4) is 0 Å². The maximum absolute atomic E-state index is 4.06. The minimum atomic E-state index is 0.790. The highest BCUT2D eigenvalue weighted by molar-refractivity contribution is 5.38. The Hall–Kier alpha value is -1.16. The molecule has 11 heavy (non-hydrogen) atoms. The highest BCUT2D eigenvalue weighted by Crippen LogP contribution is 2.04. The summed E-state index contributed by atoms with van der Waals surface area (Å²) in [7, 11) is 3.76. The molecule has 0 amide bonds. The van der Waals surface area contributed by atoms with Gasteiger partial charge in [0.15, 0.2) is 0 Å². The minimum Gasteiger partial charge on any atom is -0.309 e. The molecule has 0 fully saturated rings. The van der Waals surface area contributed by atoms with E-state index in [0.717, 1.165) is 11.5 Å². The maximum atomic E-state index is 4.06. The van der Waals surface area contributed by atoms with E-state index < -0.39 is 0 Å². The normalized spacial score (nSPS) is 9.73. The summed E-state index contributed by atoms with van der Waals surface area (Å²) in [6.45, 7) is 1.86. The van der Waals surface area contributed by atoms with Gasteiger partial charge in [-0.15, -0.1) is 0 Å². The minimum absolute atomic E-state index is 0.790. The summed E-state index contributed by atoms with van der Waals surface area (Å²) in [6.07, 6.45) is 3.55. The van der Waals surface area contributed by atoms with Crippen molar-refractivity contribution in [3.05, 3.63) is 18.2 Å². The van der Waals surface area contributed by atoms with Crippen LogP contribution in [0.15, 0.2) is 12.4 Å². The van der Waals surface area contributed by atoms with E-state index in [1.54, 1.807) is 12.4 Å². The Balaban J connectivity index is 2.81. The van der Waals surface area contributed by atoms with Crippen molar-refractivity contribution in [1.82, 2.24) is 15.4 Å². The standard InChI is InChI=1S/C7H12N4/c1-6-9-4-7(5-10-6)11(3)8-2/h4-5,8H,1-3H3. The van der Waals surface area contributed by atoms with Gasteiger partial charge in [0.1, 0.15) is 5.82 Å². The predicted molar refractivity (Wildman–Crippen MR) is 44.2 cm³/mol. The molecule has 1 aromatic rings. The van der Waals surface area contributed by atoms with Crippen LogP contribution in [0.2, 0.25) is 0 Å². The predicted octanol–water partition coefficient (Wildman–Crippen LogP) is 0.356. The Kier molecular flexibility index (Phi) is 2.38. The van der Waals surface area contributed by atoms with Crippen LogP contribution in [0.25, 0.3) is 0 Å². The molecule has 0 saturated heterocycles. The van der Waals surface area contributed by atoms with Crippen LogP contribution in [0.1, 0.15) is 5.82 Å². The number of nitrogens with zero attached hydrogens (tertiary/aromatic N) is 3. The fourth-order valence-corrected chi connectivity index (χ4v) is 0.688. The number of hydrogen-bond acceptors (Lipinski definition) is 4. The second-order valence-corrected chi connectivity index (χ2v) is 2.27. The third kappa shape index (κ3) is 1.88. The third-order valence-electron chi connectivity index (χ3n) is 1.49. The molecular weight excluding hydrogens is 140 g/mol. The Labute approximate surface area is 66.2 Å². The average molecular weight is 152 g/mol. The summed E-state index contributed by atoms with van der Waals surface area (Å²) in [5.74, 6) is 0.790. The molecule has 4 heteroatoms. The van der Waals surface area contributed by atoms with Crippen molar-refractivity contribution in [2.75, 3.05) is 19.1 Å². The topological polar surface area (TPSA) is 41.0 Å². The van der Waals surface area contributed by atoms with Gasteiger partial charge in [-0.3, -0.25) is 0 Å². The number of nitrogens with one attached hydrogen (secondary N) is 1. The van der Waals surface area contributed by atoms with Crippen LogP contribution in [-0.2, 0) is 0 Å². The molecule has 1 N–H and O–H groups in total. The lowest BCUT2D eigenvalue weighted by Gasteiger charge is -2.15. The monoisotopic (exact) mass is 152 g/mol. The van der Waals surface area contributed by atoms with E-state index in [1.807, 2.05) is 26.0 Å². The van der Waals surface area contributed by atoms with E-state index in [9.17, 15) is 0 Å². The quantitative estimate of drug-likeness (QED) is 0.621. The maximum Gasteiger partial charge on any atom is 0.125 e. The average Bonchev–Trinajstić information content (AvgIpc) is 2.05. The van der Waals surface area contributed by atoms with Crippen molar-refractivity contribution in [2.24, 2.45) is 0 Å². The summed E-state index contributed by atoms with van der Waals surface area (Å²) in [5, 5.41) is 1.85. The molecule has 0 saturated carbocycles. The first-order valence-corrected chi connectivity index (χ1v) is 3.44. The SMILES string of the molecule is CNN(C)c1cnc(C)nc1. The van der Waals surface area contributed by atoms with Gasteiger partial charge in [0, 0.05) is 14.1 Å². The number of anilines is 1. The molecule has 0 aliphatic heterocycles. The third-order valence-corrected chi connectivity index (χ3v) is 1.49. The zero-order chi connectivity index (χ0) is 8.27. The number of aromatic nitrogens is 2. The fourth-order valence-electron chi connectivity index (χ4n) is 0.688. The Morgan fingerprint density at radius 2 is 1.91 bits per heavy atom. The summed E-state index contributed by atoms with van der Waals surface area (Å²) < 4.78 is 0. The van der Waals surface area contributed by atoms with Gasteiger partial charge in [0.25, 0.3) is 0 Å². The second-order valence-electron chi connectivity index (χ2n) is 2.27. The molecular formula is C7H12N4. The molecule has 1 aromatic heterocycles. The molecule has 0 atom stereocenters. The zero-order valence-corrected chi connectivity index (χ0v) is 7.00.